The van der Waals surface area contributed by atoms with Crippen LogP contribution < -0.4 is 14.8 Å². The van der Waals surface area contributed by atoms with Crippen LogP contribution in [0.5, 0.6) is 11.5 Å². The summed E-state index contributed by atoms with van der Waals surface area (Å²) in [5.41, 5.74) is 3.63. The third-order valence-electron chi connectivity index (χ3n) is 5.55. The van der Waals surface area contributed by atoms with Crippen molar-refractivity contribution in [1.29, 1.82) is 0 Å². The first kappa shape index (κ1) is 21.6. The highest BCUT2D eigenvalue weighted by Crippen LogP contribution is 2.52. The molecule has 32 heavy (non-hydrogen) atoms. The average molecular weight is 435 g/mol. The largest absolute Gasteiger partial charge is 0.496 e. The summed E-state index contributed by atoms with van der Waals surface area (Å²) in [5.74, 6) is 0.892. The summed E-state index contributed by atoms with van der Waals surface area (Å²) < 4.78 is 26.8. The number of para-hydroxylation sites is 1. The van der Waals surface area contributed by atoms with E-state index in [1.54, 1.807) is 25.6 Å². The molecule has 166 valence electrons. The summed E-state index contributed by atoms with van der Waals surface area (Å²) in [4.78, 5) is 17.6. The Balaban J connectivity index is 2.16. The maximum absolute atomic E-state index is 13.4. The van der Waals surface area contributed by atoms with Gasteiger partial charge in [-0.05, 0) is 26.0 Å². The maximum Gasteiger partial charge on any atom is 0.268 e. The summed E-state index contributed by atoms with van der Waals surface area (Å²) in [5, 5.41) is 2.69. The van der Waals surface area contributed by atoms with Gasteiger partial charge in [-0.3, -0.25) is 9.78 Å². The van der Waals surface area contributed by atoms with E-state index in [4.69, 9.17) is 9.47 Å². The minimum absolute atomic E-state index is 0.0749. The molecule has 1 aliphatic heterocycles. The van der Waals surface area contributed by atoms with Gasteiger partial charge in [0.2, 0.25) is 0 Å². The zero-order valence-electron chi connectivity index (χ0n) is 18.4. The summed E-state index contributed by atoms with van der Waals surface area (Å²) in [6, 6.07) is 9.41. The molecular weight excluding hydrogens is 409 g/mol. The van der Waals surface area contributed by atoms with Crippen LogP contribution in [0.25, 0.3) is 22.4 Å². The van der Waals surface area contributed by atoms with Crippen LogP contribution in [-0.2, 0) is 12.1 Å². The topological polar surface area (TPSA) is 65.4 Å². The fraction of sp³-hybridized carbons (Fsp3) is 0.280. The standard InChI is InChI=1S/C25H26FN3O3/c1-5-14-29-22-17-10-12-27-15-19(17)32-25(2,3)21(22)20(23(29)24(30)28-13-11-26)16-8-6-7-9-18(16)31-4/h5-10,12,15H,1,11,13-14H2,2-4H3,(H,28,30). The summed E-state index contributed by atoms with van der Waals surface area (Å²) in [7, 11) is 1.59. The van der Waals surface area contributed by atoms with E-state index in [1.807, 2.05) is 48.7 Å². The number of ether oxygens (including phenoxy) is 2. The predicted octanol–water partition coefficient (Wildman–Crippen LogP) is 4.74. The van der Waals surface area contributed by atoms with E-state index in [0.717, 1.165) is 22.4 Å². The molecule has 0 atom stereocenters. The Hall–Kier alpha value is -3.61. The number of carbonyl (C=O) groups is 1. The van der Waals surface area contributed by atoms with Crippen LogP contribution in [0.3, 0.4) is 0 Å². The second kappa shape index (κ2) is 8.49. The average Bonchev–Trinajstić information content (AvgIpc) is 3.13. The van der Waals surface area contributed by atoms with Crippen LogP contribution in [0.4, 0.5) is 4.39 Å². The van der Waals surface area contributed by atoms with Gasteiger partial charge in [0.25, 0.3) is 5.91 Å². The second-order valence-electron chi connectivity index (χ2n) is 7.98. The van der Waals surface area contributed by atoms with E-state index in [0.29, 0.717) is 29.3 Å². The second-order valence-corrected chi connectivity index (χ2v) is 7.98. The Labute approximate surface area is 186 Å². The number of alkyl halides is 1. The van der Waals surface area contributed by atoms with Crippen molar-refractivity contribution in [3.05, 3.63) is 66.6 Å². The third kappa shape index (κ3) is 3.43. The fourth-order valence-electron chi connectivity index (χ4n) is 4.37. The first-order chi connectivity index (χ1) is 15.4. The van der Waals surface area contributed by atoms with Crippen molar-refractivity contribution in [1.82, 2.24) is 14.9 Å². The summed E-state index contributed by atoms with van der Waals surface area (Å²) in [6.45, 7) is 7.47. The maximum atomic E-state index is 13.4. The number of halogens is 1. The highest BCUT2D eigenvalue weighted by atomic mass is 19.1. The zero-order chi connectivity index (χ0) is 22.9. The Kier molecular flexibility index (Phi) is 5.74. The molecular formula is C25H26FN3O3. The van der Waals surface area contributed by atoms with E-state index in [2.05, 4.69) is 16.9 Å². The molecule has 1 N–H and O–H groups in total. The number of allylic oxidation sites excluding steroid dienone is 1. The van der Waals surface area contributed by atoms with Crippen molar-refractivity contribution < 1.29 is 18.7 Å². The van der Waals surface area contributed by atoms with Gasteiger partial charge in [-0.2, -0.15) is 0 Å². The van der Waals surface area contributed by atoms with Crippen LogP contribution in [0.1, 0.15) is 29.9 Å². The number of nitrogens with one attached hydrogen (secondary N) is 1. The summed E-state index contributed by atoms with van der Waals surface area (Å²) >= 11 is 0. The number of fused-ring (bicyclic) bond motifs is 3. The number of amides is 1. The normalized spacial score (nSPS) is 13.5. The van der Waals surface area contributed by atoms with Gasteiger partial charge in [0.15, 0.2) is 0 Å². The van der Waals surface area contributed by atoms with Crippen LogP contribution in [0.2, 0.25) is 0 Å². The fourth-order valence-corrected chi connectivity index (χ4v) is 4.37. The number of pyridine rings is 1. The van der Waals surface area contributed by atoms with Crippen molar-refractivity contribution in [3.8, 4) is 33.9 Å². The van der Waals surface area contributed by atoms with Crippen molar-refractivity contribution in [2.45, 2.75) is 26.0 Å². The smallest absolute Gasteiger partial charge is 0.268 e. The quantitative estimate of drug-likeness (QED) is 0.545. The monoisotopic (exact) mass is 435 g/mol. The van der Waals surface area contributed by atoms with Crippen molar-refractivity contribution >= 4 is 5.91 Å². The molecule has 6 nitrogen and oxygen atoms in total. The third-order valence-corrected chi connectivity index (χ3v) is 5.55. The predicted molar refractivity (Wildman–Crippen MR) is 122 cm³/mol. The molecule has 2 aromatic heterocycles. The Morgan fingerprint density at radius 3 is 2.81 bits per heavy atom. The van der Waals surface area contributed by atoms with Gasteiger partial charge in [-0.25, -0.2) is 4.39 Å². The number of hydrogen-bond acceptors (Lipinski definition) is 4. The lowest BCUT2D eigenvalue weighted by Gasteiger charge is -2.34. The Morgan fingerprint density at radius 1 is 1.31 bits per heavy atom. The highest BCUT2D eigenvalue weighted by Gasteiger charge is 2.42. The molecule has 0 saturated heterocycles. The molecule has 4 rings (SSSR count). The van der Waals surface area contributed by atoms with Gasteiger partial charge in [0.05, 0.1) is 19.0 Å². The van der Waals surface area contributed by atoms with Gasteiger partial charge < -0.3 is 19.4 Å². The first-order valence-electron chi connectivity index (χ1n) is 10.4. The van der Waals surface area contributed by atoms with Crippen LogP contribution >= 0.6 is 0 Å². The van der Waals surface area contributed by atoms with Gasteiger partial charge in [-0.15, -0.1) is 6.58 Å². The SMILES string of the molecule is C=CCn1c(C(=O)NCCF)c(-c2ccccc2OC)c2c1-c1ccncc1OC2(C)C. The number of aromatic nitrogens is 2. The van der Waals surface area contributed by atoms with Crippen LogP contribution in [-0.4, -0.2) is 35.8 Å². The lowest BCUT2D eigenvalue weighted by molar-refractivity contribution is 0.0943. The molecule has 0 aliphatic carbocycles. The lowest BCUT2D eigenvalue weighted by Crippen LogP contribution is -2.30. The van der Waals surface area contributed by atoms with Gasteiger partial charge in [-0.1, -0.05) is 24.3 Å². The lowest BCUT2D eigenvalue weighted by atomic mass is 9.85. The van der Waals surface area contributed by atoms with E-state index in [1.165, 1.54) is 0 Å². The minimum atomic E-state index is -0.775. The van der Waals surface area contributed by atoms with Crippen molar-refractivity contribution in [2.75, 3.05) is 20.3 Å². The molecule has 3 heterocycles. The van der Waals surface area contributed by atoms with Gasteiger partial charge in [0, 0.05) is 41.5 Å². The van der Waals surface area contributed by atoms with Gasteiger partial charge >= 0.3 is 0 Å². The molecule has 0 saturated carbocycles. The molecule has 0 spiro atoms. The highest BCUT2D eigenvalue weighted by molar-refractivity contribution is 6.04. The van der Waals surface area contributed by atoms with Gasteiger partial charge in [0.1, 0.15) is 29.5 Å². The molecule has 0 fully saturated rings. The molecule has 1 aromatic carbocycles. The molecule has 3 aromatic rings. The van der Waals surface area contributed by atoms with Crippen molar-refractivity contribution in [3.63, 3.8) is 0 Å². The molecule has 0 unspecified atom stereocenters. The number of nitrogens with zero attached hydrogens (tertiary/aromatic N) is 2. The number of hydrogen-bond donors (Lipinski definition) is 1. The minimum Gasteiger partial charge on any atom is -0.496 e. The number of methoxy groups -OCH3 is 1. The molecule has 1 aliphatic rings. The molecule has 0 radical (unpaired) electrons. The molecule has 1 amide bonds. The first-order valence-corrected chi connectivity index (χ1v) is 10.4. The zero-order valence-corrected chi connectivity index (χ0v) is 18.4. The van der Waals surface area contributed by atoms with E-state index in [9.17, 15) is 9.18 Å². The Morgan fingerprint density at radius 2 is 2.09 bits per heavy atom. The van der Waals surface area contributed by atoms with E-state index >= 15 is 0 Å². The molecule has 0 bridgehead atoms. The van der Waals surface area contributed by atoms with Crippen LogP contribution in [0.15, 0.2) is 55.4 Å². The molecule has 7 heteroatoms. The van der Waals surface area contributed by atoms with Crippen LogP contribution in [0, 0.1) is 0 Å². The number of benzene rings is 1. The number of rotatable bonds is 7. The van der Waals surface area contributed by atoms with E-state index < -0.39 is 12.3 Å². The van der Waals surface area contributed by atoms with E-state index in [-0.39, 0.29) is 12.5 Å². The Bertz CT molecular complexity index is 1180. The number of carbonyl (C=O) groups excluding carboxylic acids is 1. The van der Waals surface area contributed by atoms with Crippen molar-refractivity contribution in [2.24, 2.45) is 0 Å². The summed E-state index contributed by atoms with van der Waals surface area (Å²) in [6.07, 6.45) is 5.11.